The molecule has 0 aliphatic carbocycles. The Morgan fingerprint density at radius 3 is 2.55 bits per heavy atom. The number of anilines is 1. The van der Waals surface area contributed by atoms with Crippen molar-refractivity contribution in [2.24, 2.45) is 0 Å². The number of non-ortho nitro benzene ring substituents is 1. The smallest absolute Gasteiger partial charge is 0.269 e. The summed E-state index contributed by atoms with van der Waals surface area (Å²) in [5.41, 5.74) is 0.488. The van der Waals surface area contributed by atoms with E-state index in [0.29, 0.717) is 5.69 Å². The molecule has 3 rings (SSSR count). The molecule has 2 aromatic rings. The van der Waals surface area contributed by atoms with Gasteiger partial charge >= 0.3 is 0 Å². The molecule has 1 heterocycles. The summed E-state index contributed by atoms with van der Waals surface area (Å²) in [5, 5.41) is 13.3. The van der Waals surface area contributed by atoms with E-state index < -0.39 is 28.6 Å². The van der Waals surface area contributed by atoms with Crippen molar-refractivity contribution in [3.05, 3.63) is 74.9 Å². The topological polar surface area (TPSA) is 92.5 Å². The van der Waals surface area contributed by atoms with Crippen LogP contribution in [-0.4, -0.2) is 32.0 Å². The number of hydrogen-bond acceptors (Lipinski definition) is 6. The van der Waals surface area contributed by atoms with Crippen molar-refractivity contribution >= 4 is 57.6 Å². The van der Waals surface area contributed by atoms with E-state index in [2.05, 4.69) is 5.32 Å². The predicted octanol–water partition coefficient (Wildman–Crippen LogP) is 3.96. The molecule has 0 bridgehead atoms. The van der Waals surface area contributed by atoms with Gasteiger partial charge in [-0.15, -0.1) is 0 Å². The van der Waals surface area contributed by atoms with E-state index >= 15 is 0 Å². The first-order valence-electron chi connectivity index (χ1n) is 8.35. The van der Waals surface area contributed by atoms with Crippen LogP contribution >= 0.6 is 24.0 Å². The van der Waals surface area contributed by atoms with Gasteiger partial charge in [0, 0.05) is 23.4 Å². The maximum absolute atomic E-state index is 13.9. The number of thiocarbonyl (C=S) groups is 1. The van der Waals surface area contributed by atoms with Crippen LogP contribution in [0.2, 0.25) is 0 Å². The first kappa shape index (κ1) is 20.6. The zero-order valence-electron chi connectivity index (χ0n) is 15.0. The Bertz CT molecular complexity index is 1040. The minimum Gasteiger partial charge on any atom is -0.324 e. The van der Waals surface area contributed by atoms with Crippen molar-refractivity contribution in [2.45, 2.75) is 13.0 Å². The Morgan fingerprint density at radius 2 is 1.93 bits per heavy atom. The molecule has 1 unspecified atom stereocenters. The Kier molecular flexibility index (Phi) is 6.04. The summed E-state index contributed by atoms with van der Waals surface area (Å²) in [6, 6.07) is 10.4. The number of halogens is 1. The molecule has 2 aromatic carbocycles. The van der Waals surface area contributed by atoms with Gasteiger partial charge in [-0.05, 0) is 31.2 Å². The van der Waals surface area contributed by atoms with Crippen LogP contribution in [0, 0.1) is 15.9 Å². The van der Waals surface area contributed by atoms with Gasteiger partial charge in [-0.3, -0.25) is 24.6 Å². The van der Waals surface area contributed by atoms with E-state index in [1.165, 1.54) is 49.4 Å². The van der Waals surface area contributed by atoms with Crippen molar-refractivity contribution in [3.8, 4) is 0 Å². The maximum Gasteiger partial charge on any atom is 0.269 e. The molecule has 10 heteroatoms. The van der Waals surface area contributed by atoms with Crippen LogP contribution in [0.1, 0.15) is 12.5 Å². The number of nitro groups is 1. The molecule has 148 valence electrons. The quantitative estimate of drug-likeness (QED) is 0.333. The standard InChI is InChI=1S/C19H14FN3O4S2/c1-11(17(24)21-13-6-8-14(9-7-13)23(26)27)22-18(25)16(29-19(22)28)10-12-4-2-3-5-15(12)20/h2-11H,1H3,(H,21,24)/b16-10-. The van der Waals surface area contributed by atoms with Gasteiger partial charge in [0.2, 0.25) is 5.91 Å². The lowest BCUT2D eigenvalue weighted by Crippen LogP contribution is -2.44. The molecule has 0 spiro atoms. The number of nitrogens with one attached hydrogen (secondary N) is 1. The van der Waals surface area contributed by atoms with Gasteiger partial charge in [0.25, 0.3) is 11.6 Å². The van der Waals surface area contributed by atoms with E-state index in [9.17, 15) is 24.1 Å². The summed E-state index contributed by atoms with van der Waals surface area (Å²) >= 11 is 6.22. The van der Waals surface area contributed by atoms with Crippen LogP contribution < -0.4 is 5.32 Å². The third-order valence-corrected chi connectivity index (χ3v) is 5.46. The normalized spacial score (nSPS) is 16.2. The molecule has 1 aliphatic rings. The molecule has 7 nitrogen and oxygen atoms in total. The second-order valence-corrected chi connectivity index (χ2v) is 7.72. The lowest BCUT2D eigenvalue weighted by molar-refractivity contribution is -0.384. The molecule has 1 saturated heterocycles. The number of nitrogens with zero attached hydrogens (tertiary/aromatic N) is 2. The minimum absolute atomic E-state index is 0.105. The van der Waals surface area contributed by atoms with Gasteiger partial charge in [-0.25, -0.2) is 4.39 Å². The highest BCUT2D eigenvalue weighted by Gasteiger charge is 2.38. The Hall–Kier alpha value is -3.11. The predicted molar refractivity (Wildman–Crippen MR) is 113 cm³/mol. The number of amides is 2. The summed E-state index contributed by atoms with van der Waals surface area (Å²) in [6.07, 6.45) is 1.40. The minimum atomic E-state index is -0.927. The van der Waals surface area contributed by atoms with E-state index in [0.717, 1.165) is 16.7 Å². The van der Waals surface area contributed by atoms with Crippen molar-refractivity contribution in [1.82, 2.24) is 4.90 Å². The fraction of sp³-hybridized carbons (Fsp3) is 0.105. The third kappa shape index (κ3) is 4.49. The van der Waals surface area contributed by atoms with Crippen molar-refractivity contribution in [2.75, 3.05) is 5.32 Å². The first-order chi connectivity index (χ1) is 13.8. The lowest BCUT2D eigenvalue weighted by Gasteiger charge is -2.22. The zero-order chi connectivity index (χ0) is 21.1. The van der Waals surface area contributed by atoms with Crippen LogP contribution in [0.15, 0.2) is 53.4 Å². The van der Waals surface area contributed by atoms with Gasteiger partial charge in [0.05, 0.1) is 9.83 Å². The molecular weight excluding hydrogens is 417 g/mol. The maximum atomic E-state index is 13.9. The Morgan fingerprint density at radius 1 is 1.28 bits per heavy atom. The van der Waals surface area contributed by atoms with E-state index in [-0.39, 0.29) is 20.5 Å². The van der Waals surface area contributed by atoms with Gasteiger partial charge in [0.15, 0.2) is 0 Å². The fourth-order valence-electron chi connectivity index (χ4n) is 2.58. The number of hydrogen-bond donors (Lipinski definition) is 1. The monoisotopic (exact) mass is 431 g/mol. The average Bonchev–Trinajstić information content (AvgIpc) is 2.96. The number of nitro benzene ring substituents is 1. The first-order valence-corrected chi connectivity index (χ1v) is 9.57. The number of carbonyl (C=O) groups excluding carboxylic acids is 2. The molecule has 2 amide bonds. The van der Waals surface area contributed by atoms with E-state index in [4.69, 9.17) is 12.2 Å². The molecular formula is C19H14FN3O4S2. The Labute approximate surface area is 174 Å². The van der Waals surface area contributed by atoms with Crippen LogP contribution in [0.5, 0.6) is 0 Å². The second kappa shape index (κ2) is 8.50. The largest absolute Gasteiger partial charge is 0.324 e. The SMILES string of the molecule is CC(C(=O)Nc1ccc([N+](=O)[O-])cc1)N1C(=O)/C(=C/c2ccccc2F)SC1=S. The van der Waals surface area contributed by atoms with E-state index in [1.807, 2.05) is 0 Å². The van der Waals surface area contributed by atoms with Gasteiger partial charge in [-0.1, -0.05) is 42.2 Å². The summed E-state index contributed by atoms with van der Waals surface area (Å²) in [7, 11) is 0. The van der Waals surface area contributed by atoms with Crippen LogP contribution in [0.3, 0.4) is 0 Å². The summed E-state index contributed by atoms with van der Waals surface area (Å²) in [6.45, 7) is 1.51. The van der Waals surface area contributed by atoms with Crippen LogP contribution in [0.4, 0.5) is 15.8 Å². The van der Waals surface area contributed by atoms with Crippen molar-refractivity contribution < 1.29 is 18.9 Å². The van der Waals surface area contributed by atoms with Gasteiger partial charge in [-0.2, -0.15) is 0 Å². The van der Waals surface area contributed by atoms with Crippen molar-refractivity contribution in [3.63, 3.8) is 0 Å². The van der Waals surface area contributed by atoms with Crippen molar-refractivity contribution in [1.29, 1.82) is 0 Å². The number of rotatable bonds is 5. The lowest BCUT2D eigenvalue weighted by atomic mass is 10.2. The molecule has 1 N–H and O–H groups in total. The highest BCUT2D eigenvalue weighted by atomic mass is 32.2. The molecule has 1 fully saturated rings. The summed E-state index contributed by atoms with van der Waals surface area (Å²) < 4.78 is 14.0. The molecule has 1 aliphatic heterocycles. The van der Waals surface area contributed by atoms with Crippen LogP contribution in [-0.2, 0) is 9.59 Å². The zero-order valence-corrected chi connectivity index (χ0v) is 16.6. The molecule has 29 heavy (non-hydrogen) atoms. The highest BCUT2D eigenvalue weighted by Crippen LogP contribution is 2.34. The average molecular weight is 431 g/mol. The molecule has 0 saturated carbocycles. The highest BCUT2D eigenvalue weighted by molar-refractivity contribution is 8.26. The van der Waals surface area contributed by atoms with Gasteiger partial charge in [0.1, 0.15) is 16.2 Å². The number of carbonyl (C=O) groups is 2. The number of benzene rings is 2. The second-order valence-electron chi connectivity index (χ2n) is 6.04. The third-order valence-electron chi connectivity index (χ3n) is 4.13. The number of thioether (sulfide) groups is 1. The molecule has 0 aromatic heterocycles. The fourth-order valence-corrected chi connectivity index (χ4v) is 3.99. The summed E-state index contributed by atoms with van der Waals surface area (Å²) in [4.78, 5) is 36.8. The molecule has 0 radical (unpaired) electrons. The molecule has 1 atom stereocenters. The Balaban J connectivity index is 1.74. The summed E-state index contributed by atoms with van der Waals surface area (Å²) in [5.74, 6) is -1.47. The van der Waals surface area contributed by atoms with Crippen LogP contribution in [0.25, 0.3) is 6.08 Å². The van der Waals surface area contributed by atoms with E-state index in [1.54, 1.807) is 12.1 Å². The van der Waals surface area contributed by atoms with Gasteiger partial charge < -0.3 is 5.32 Å².